The summed E-state index contributed by atoms with van der Waals surface area (Å²) in [6.45, 7) is 5.68. The number of nitrogens with one attached hydrogen (secondary N) is 2. The van der Waals surface area contributed by atoms with Crippen molar-refractivity contribution < 1.29 is 4.79 Å². The lowest BCUT2D eigenvalue weighted by Crippen LogP contribution is -2.35. The maximum Gasteiger partial charge on any atom is 0.320 e. The van der Waals surface area contributed by atoms with E-state index in [-0.39, 0.29) is 12.1 Å². The highest BCUT2D eigenvalue weighted by molar-refractivity contribution is 5.90. The molecule has 1 atom stereocenters. The Morgan fingerprint density at radius 3 is 2.75 bits per heavy atom. The SMILES string of the molecule is C#CC(C)NC(=O)Nc1cc(C)ccc1C. The fourth-order valence-corrected chi connectivity index (χ4v) is 1.27. The van der Waals surface area contributed by atoms with Gasteiger partial charge in [0.1, 0.15) is 0 Å². The van der Waals surface area contributed by atoms with Crippen LogP contribution in [0.3, 0.4) is 0 Å². The van der Waals surface area contributed by atoms with E-state index in [9.17, 15) is 4.79 Å². The van der Waals surface area contributed by atoms with Crippen LogP contribution in [0.4, 0.5) is 10.5 Å². The van der Waals surface area contributed by atoms with E-state index in [1.807, 2.05) is 32.0 Å². The lowest BCUT2D eigenvalue weighted by Gasteiger charge is -2.12. The minimum absolute atomic E-state index is 0.273. The van der Waals surface area contributed by atoms with Crippen molar-refractivity contribution in [2.24, 2.45) is 0 Å². The van der Waals surface area contributed by atoms with Crippen LogP contribution in [0.15, 0.2) is 18.2 Å². The lowest BCUT2D eigenvalue weighted by molar-refractivity contribution is 0.251. The molecule has 2 amide bonds. The molecule has 3 heteroatoms. The number of urea groups is 1. The molecule has 0 radical (unpaired) electrons. The largest absolute Gasteiger partial charge is 0.325 e. The number of terminal acetylenes is 1. The maximum atomic E-state index is 11.5. The average molecular weight is 216 g/mol. The zero-order valence-corrected chi connectivity index (χ0v) is 9.79. The molecular formula is C13H16N2O. The number of anilines is 1. The Balaban J connectivity index is 2.70. The van der Waals surface area contributed by atoms with Gasteiger partial charge in [-0.15, -0.1) is 6.42 Å². The second-order valence-corrected chi connectivity index (χ2v) is 3.81. The van der Waals surface area contributed by atoms with Crippen LogP contribution in [0.2, 0.25) is 0 Å². The maximum absolute atomic E-state index is 11.5. The highest BCUT2D eigenvalue weighted by Gasteiger charge is 2.06. The molecule has 0 saturated carbocycles. The average Bonchev–Trinajstić information content (AvgIpc) is 2.23. The standard InChI is InChI=1S/C13H16N2O/c1-5-11(4)14-13(16)15-12-8-9(2)6-7-10(12)3/h1,6-8,11H,2-4H3,(H2,14,15,16). The number of hydrogen-bond donors (Lipinski definition) is 2. The molecule has 1 aromatic rings. The van der Waals surface area contributed by atoms with E-state index < -0.39 is 0 Å². The first kappa shape index (κ1) is 12.1. The summed E-state index contributed by atoms with van der Waals surface area (Å²) in [5.74, 6) is 2.44. The molecule has 0 aliphatic rings. The summed E-state index contributed by atoms with van der Waals surface area (Å²) < 4.78 is 0. The van der Waals surface area contributed by atoms with Crippen molar-refractivity contribution in [3.63, 3.8) is 0 Å². The van der Waals surface area contributed by atoms with E-state index in [1.54, 1.807) is 6.92 Å². The Morgan fingerprint density at radius 2 is 2.12 bits per heavy atom. The molecule has 0 saturated heterocycles. The molecule has 2 N–H and O–H groups in total. The Kier molecular flexibility index (Phi) is 3.96. The van der Waals surface area contributed by atoms with Crippen LogP contribution in [0, 0.1) is 26.2 Å². The molecule has 0 heterocycles. The van der Waals surface area contributed by atoms with E-state index in [0.29, 0.717) is 0 Å². The van der Waals surface area contributed by atoms with E-state index in [0.717, 1.165) is 16.8 Å². The predicted molar refractivity (Wildman–Crippen MR) is 66.4 cm³/mol. The number of aryl methyl sites for hydroxylation is 2. The topological polar surface area (TPSA) is 41.1 Å². The fraction of sp³-hybridized carbons (Fsp3) is 0.308. The minimum Gasteiger partial charge on any atom is -0.325 e. The first-order valence-corrected chi connectivity index (χ1v) is 5.14. The van der Waals surface area contributed by atoms with Crippen molar-refractivity contribution in [2.75, 3.05) is 5.32 Å². The van der Waals surface area contributed by atoms with Crippen LogP contribution in [0.1, 0.15) is 18.1 Å². The van der Waals surface area contributed by atoms with Gasteiger partial charge in [0, 0.05) is 5.69 Å². The molecule has 1 aromatic carbocycles. The Morgan fingerprint density at radius 1 is 1.44 bits per heavy atom. The van der Waals surface area contributed by atoms with Gasteiger partial charge in [-0.25, -0.2) is 4.79 Å². The molecule has 0 fully saturated rings. The summed E-state index contributed by atoms with van der Waals surface area (Å²) in [6.07, 6.45) is 5.18. The van der Waals surface area contributed by atoms with Gasteiger partial charge in [0.25, 0.3) is 0 Å². The third kappa shape index (κ3) is 3.32. The number of hydrogen-bond acceptors (Lipinski definition) is 1. The van der Waals surface area contributed by atoms with Gasteiger partial charge >= 0.3 is 6.03 Å². The van der Waals surface area contributed by atoms with Crippen LogP contribution in [-0.4, -0.2) is 12.1 Å². The fourth-order valence-electron chi connectivity index (χ4n) is 1.27. The van der Waals surface area contributed by atoms with Gasteiger partial charge in [0.15, 0.2) is 0 Å². The highest BCUT2D eigenvalue weighted by atomic mass is 16.2. The first-order chi connectivity index (χ1) is 7.52. The van der Waals surface area contributed by atoms with Gasteiger partial charge in [-0.2, -0.15) is 0 Å². The van der Waals surface area contributed by atoms with Crippen molar-refractivity contribution in [2.45, 2.75) is 26.8 Å². The molecule has 0 spiro atoms. The van der Waals surface area contributed by atoms with E-state index in [1.165, 1.54) is 0 Å². The normalized spacial score (nSPS) is 11.4. The van der Waals surface area contributed by atoms with E-state index >= 15 is 0 Å². The monoisotopic (exact) mass is 216 g/mol. The number of carbonyl (C=O) groups is 1. The molecule has 1 unspecified atom stereocenters. The molecule has 0 aliphatic carbocycles. The first-order valence-electron chi connectivity index (χ1n) is 5.14. The number of rotatable bonds is 2. The third-order valence-electron chi connectivity index (χ3n) is 2.24. The molecule has 3 nitrogen and oxygen atoms in total. The second-order valence-electron chi connectivity index (χ2n) is 3.81. The van der Waals surface area contributed by atoms with Gasteiger partial charge < -0.3 is 10.6 Å². The Labute approximate surface area is 96.2 Å². The smallest absolute Gasteiger partial charge is 0.320 e. The summed E-state index contributed by atoms with van der Waals surface area (Å²) in [5, 5.41) is 5.41. The molecule has 0 bridgehead atoms. The zero-order valence-electron chi connectivity index (χ0n) is 9.79. The van der Waals surface area contributed by atoms with Crippen molar-refractivity contribution in [3.8, 4) is 12.3 Å². The summed E-state index contributed by atoms with van der Waals surface area (Å²) in [5.41, 5.74) is 2.93. The van der Waals surface area contributed by atoms with Gasteiger partial charge in [-0.05, 0) is 38.0 Å². The summed E-state index contributed by atoms with van der Waals surface area (Å²) in [4.78, 5) is 11.5. The molecule has 0 aliphatic heterocycles. The number of carbonyl (C=O) groups excluding carboxylic acids is 1. The van der Waals surface area contributed by atoms with Crippen LogP contribution >= 0.6 is 0 Å². The number of benzene rings is 1. The molecule has 0 aromatic heterocycles. The van der Waals surface area contributed by atoms with Crippen molar-refractivity contribution in [1.29, 1.82) is 0 Å². The Bertz CT molecular complexity index is 432. The van der Waals surface area contributed by atoms with Gasteiger partial charge in [-0.3, -0.25) is 0 Å². The van der Waals surface area contributed by atoms with Gasteiger partial charge in [0.2, 0.25) is 0 Å². The summed E-state index contributed by atoms with van der Waals surface area (Å²) in [7, 11) is 0. The molecule has 84 valence electrons. The van der Waals surface area contributed by atoms with Gasteiger partial charge in [-0.1, -0.05) is 18.1 Å². The third-order valence-corrected chi connectivity index (χ3v) is 2.24. The van der Waals surface area contributed by atoms with Crippen LogP contribution in [0.25, 0.3) is 0 Å². The highest BCUT2D eigenvalue weighted by Crippen LogP contribution is 2.15. The number of amides is 2. The Hall–Kier alpha value is -1.95. The van der Waals surface area contributed by atoms with Gasteiger partial charge in [0.05, 0.1) is 6.04 Å². The van der Waals surface area contributed by atoms with E-state index in [2.05, 4.69) is 16.6 Å². The molecule has 16 heavy (non-hydrogen) atoms. The van der Waals surface area contributed by atoms with Crippen LogP contribution in [-0.2, 0) is 0 Å². The summed E-state index contributed by atoms with van der Waals surface area (Å²) >= 11 is 0. The lowest BCUT2D eigenvalue weighted by atomic mass is 10.1. The summed E-state index contributed by atoms with van der Waals surface area (Å²) in [6, 6.07) is 5.34. The molecule has 1 rings (SSSR count). The van der Waals surface area contributed by atoms with E-state index in [4.69, 9.17) is 6.42 Å². The minimum atomic E-state index is -0.279. The second kappa shape index (κ2) is 5.22. The van der Waals surface area contributed by atoms with Crippen molar-refractivity contribution >= 4 is 11.7 Å². The van der Waals surface area contributed by atoms with Crippen LogP contribution in [0.5, 0.6) is 0 Å². The van der Waals surface area contributed by atoms with Crippen molar-refractivity contribution in [3.05, 3.63) is 29.3 Å². The zero-order chi connectivity index (χ0) is 12.1. The quantitative estimate of drug-likeness (QED) is 0.732. The van der Waals surface area contributed by atoms with Crippen LogP contribution < -0.4 is 10.6 Å². The van der Waals surface area contributed by atoms with Crippen molar-refractivity contribution in [1.82, 2.24) is 5.32 Å². The predicted octanol–water partition coefficient (Wildman–Crippen LogP) is 2.45. The molecular weight excluding hydrogens is 200 g/mol.